The number of fused-ring (bicyclic) bond motifs is 2. The quantitative estimate of drug-likeness (QED) is 0.556. The summed E-state index contributed by atoms with van der Waals surface area (Å²) in [7, 11) is 0. The molecule has 2 heterocycles. The molecule has 1 saturated carbocycles. The van der Waals surface area contributed by atoms with E-state index in [0.717, 1.165) is 46.2 Å². The largest absolute Gasteiger partial charge is 0.478 e. The first-order chi connectivity index (χ1) is 13.2. The highest BCUT2D eigenvalue weighted by Gasteiger charge is 2.24. The van der Waals surface area contributed by atoms with E-state index in [-0.39, 0.29) is 5.56 Å². The molecule has 2 aromatic heterocycles. The molecule has 0 saturated heterocycles. The lowest BCUT2D eigenvalue weighted by Crippen LogP contribution is -2.07. The van der Waals surface area contributed by atoms with Crippen LogP contribution in [0, 0.1) is 0 Å². The van der Waals surface area contributed by atoms with Crippen molar-refractivity contribution >= 4 is 27.9 Å². The van der Waals surface area contributed by atoms with Crippen molar-refractivity contribution in [2.75, 3.05) is 0 Å². The standard InChI is InChI=1S/C22H19N3O2/c26-22(27)15-9-10-20-19(12-15)24-21(25(20)17-6-2-3-7-17)16-11-14-5-1-4-8-18(14)23-13-16/h1,4-5,8-13,17H,2-3,6-7H2,(H,26,27). The van der Waals surface area contributed by atoms with E-state index in [1.54, 1.807) is 12.1 Å². The van der Waals surface area contributed by atoms with Crippen LogP contribution in [0.5, 0.6) is 0 Å². The first-order valence-electron chi connectivity index (χ1n) is 9.31. The van der Waals surface area contributed by atoms with E-state index < -0.39 is 5.97 Å². The Labute approximate surface area is 156 Å². The van der Waals surface area contributed by atoms with Crippen LogP contribution >= 0.6 is 0 Å². The number of aromatic carboxylic acids is 1. The van der Waals surface area contributed by atoms with Gasteiger partial charge in [-0.2, -0.15) is 0 Å². The SMILES string of the molecule is O=C(O)c1ccc2c(c1)nc(-c1cnc3ccccc3c1)n2C1CCCC1. The first-order valence-corrected chi connectivity index (χ1v) is 9.31. The maximum atomic E-state index is 11.4. The van der Waals surface area contributed by atoms with Gasteiger partial charge in [-0.1, -0.05) is 31.0 Å². The number of pyridine rings is 1. The number of hydrogen-bond donors (Lipinski definition) is 1. The molecule has 1 aliphatic rings. The van der Waals surface area contributed by atoms with E-state index in [9.17, 15) is 9.90 Å². The van der Waals surface area contributed by atoms with Crippen molar-refractivity contribution in [1.82, 2.24) is 14.5 Å². The first kappa shape index (κ1) is 16.0. The van der Waals surface area contributed by atoms with Crippen molar-refractivity contribution in [1.29, 1.82) is 0 Å². The van der Waals surface area contributed by atoms with Gasteiger partial charge in [-0.05, 0) is 43.2 Å². The summed E-state index contributed by atoms with van der Waals surface area (Å²) in [4.78, 5) is 20.8. The molecule has 5 rings (SSSR count). The summed E-state index contributed by atoms with van der Waals surface area (Å²) in [6, 6.07) is 15.8. The molecule has 27 heavy (non-hydrogen) atoms. The van der Waals surface area contributed by atoms with Gasteiger partial charge < -0.3 is 9.67 Å². The number of benzene rings is 2. The highest BCUT2D eigenvalue weighted by molar-refractivity contribution is 5.93. The molecule has 0 radical (unpaired) electrons. The van der Waals surface area contributed by atoms with Crippen molar-refractivity contribution in [2.45, 2.75) is 31.7 Å². The third kappa shape index (κ3) is 2.67. The molecular weight excluding hydrogens is 338 g/mol. The number of carbonyl (C=O) groups is 1. The lowest BCUT2D eigenvalue weighted by atomic mass is 10.1. The number of rotatable bonds is 3. The second-order valence-electron chi connectivity index (χ2n) is 7.17. The molecule has 1 N–H and O–H groups in total. The number of nitrogens with zero attached hydrogens (tertiary/aromatic N) is 3. The maximum Gasteiger partial charge on any atom is 0.335 e. The molecule has 134 valence electrons. The normalized spacial score (nSPS) is 15.0. The molecule has 1 fully saturated rings. The Kier molecular flexibility index (Phi) is 3.67. The molecule has 0 bridgehead atoms. The minimum Gasteiger partial charge on any atom is -0.478 e. The molecular formula is C22H19N3O2. The van der Waals surface area contributed by atoms with Crippen LogP contribution in [0.2, 0.25) is 0 Å². The van der Waals surface area contributed by atoms with E-state index in [0.29, 0.717) is 6.04 Å². The van der Waals surface area contributed by atoms with Crippen molar-refractivity contribution in [3.63, 3.8) is 0 Å². The van der Waals surface area contributed by atoms with Crippen molar-refractivity contribution in [2.24, 2.45) is 0 Å². The van der Waals surface area contributed by atoms with Gasteiger partial charge in [0, 0.05) is 23.2 Å². The maximum absolute atomic E-state index is 11.4. The van der Waals surface area contributed by atoms with Crippen molar-refractivity contribution < 1.29 is 9.90 Å². The minimum absolute atomic E-state index is 0.266. The van der Waals surface area contributed by atoms with E-state index in [1.807, 2.05) is 30.5 Å². The van der Waals surface area contributed by atoms with Crippen LogP contribution in [0.1, 0.15) is 42.1 Å². The monoisotopic (exact) mass is 357 g/mol. The zero-order valence-electron chi connectivity index (χ0n) is 14.8. The molecule has 0 spiro atoms. The fourth-order valence-corrected chi connectivity index (χ4v) is 4.16. The van der Waals surface area contributed by atoms with E-state index >= 15 is 0 Å². The Morgan fingerprint density at radius 2 is 1.85 bits per heavy atom. The Balaban J connectivity index is 1.75. The lowest BCUT2D eigenvalue weighted by Gasteiger charge is -2.16. The van der Waals surface area contributed by atoms with Crippen LogP contribution in [-0.4, -0.2) is 25.6 Å². The Bertz CT molecular complexity index is 1170. The molecule has 4 aromatic rings. The zero-order valence-corrected chi connectivity index (χ0v) is 14.8. The summed E-state index contributed by atoms with van der Waals surface area (Å²) in [5.41, 5.74) is 3.91. The van der Waals surface area contributed by atoms with Gasteiger partial charge in [0.2, 0.25) is 0 Å². The summed E-state index contributed by atoms with van der Waals surface area (Å²) < 4.78 is 2.29. The second-order valence-corrected chi connectivity index (χ2v) is 7.17. The Morgan fingerprint density at radius 1 is 1.04 bits per heavy atom. The number of carboxylic acids is 1. The summed E-state index contributed by atoms with van der Waals surface area (Å²) in [6.45, 7) is 0. The van der Waals surface area contributed by atoms with Crippen molar-refractivity contribution in [3.05, 3.63) is 60.3 Å². The van der Waals surface area contributed by atoms with Crippen LogP contribution in [0.25, 0.3) is 33.3 Å². The summed E-state index contributed by atoms with van der Waals surface area (Å²) in [5, 5.41) is 10.4. The Hall–Kier alpha value is -3.21. The summed E-state index contributed by atoms with van der Waals surface area (Å²) in [5.74, 6) is -0.0565. The van der Waals surface area contributed by atoms with Gasteiger partial charge in [0.15, 0.2) is 0 Å². The van der Waals surface area contributed by atoms with Crippen LogP contribution in [0.3, 0.4) is 0 Å². The van der Waals surface area contributed by atoms with Gasteiger partial charge >= 0.3 is 5.97 Å². The third-order valence-corrected chi connectivity index (χ3v) is 5.47. The molecule has 2 aromatic carbocycles. The molecule has 5 nitrogen and oxygen atoms in total. The number of imidazole rings is 1. The van der Waals surface area contributed by atoms with Gasteiger partial charge in [-0.25, -0.2) is 9.78 Å². The van der Waals surface area contributed by atoms with Gasteiger partial charge in [0.05, 0.1) is 22.1 Å². The minimum atomic E-state index is -0.929. The van der Waals surface area contributed by atoms with Gasteiger partial charge in [-0.15, -0.1) is 0 Å². The average molecular weight is 357 g/mol. The van der Waals surface area contributed by atoms with Gasteiger partial charge in [0.1, 0.15) is 5.82 Å². The summed E-state index contributed by atoms with van der Waals surface area (Å²) >= 11 is 0. The zero-order chi connectivity index (χ0) is 18.4. The van der Waals surface area contributed by atoms with Crippen LogP contribution in [0.15, 0.2) is 54.7 Å². The predicted octanol–water partition coefficient (Wildman–Crippen LogP) is 5.06. The molecule has 0 unspecified atom stereocenters. The van der Waals surface area contributed by atoms with Crippen LogP contribution < -0.4 is 0 Å². The molecule has 1 aliphatic carbocycles. The Morgan fingerprint density at radius 3 is 2.67 bits per heavy atom. The molecule has 0 aliphatic heterocycles. The summed E-state index contributed by atoms with van der Waals surface area (Å²) in [6.07, 6.45) is 6.55. The van der Waals surface area contributed by atoms with Crippen LogP contribution in [0.4, 0.5) is 0 Å². The van der Waals surface area contributed by atoms with Crippen LogP contribution in [-0.2, 0) is 0 Å². The highest BCUT2D eigenvalue weighted by atomic mass is 16.4. The van der Waals surface area contributed by atoms with Gasteiger partial charge in [-0.3, -0.25) is 4.98 Å². The van der Waals surface area contributed by atoms with Gasteiger partial charge in [0.25, 0.3) is 0 Å². The fraction of sp³-hybridized carbons (Fsp3) is 0.227. The third-order valence-electron chi connectivity index (χ3n) is 5.47. The van der Waals surface area contributed by atoms with E-state index in [4.69, 9.17) is 4.98 Å². The lowest BCUT2D eigenvalue weighted by molar-refractivity contribution is 0.0697. The average Bonchev–Trinajstić information content (AvgIpc) is 3.34. The van der Waals surface area contributed by atoms with E-state index in [1.165, 1.54) is 12.8 Å². The molecule has 5 heteroatoms. The number of carboxylic acid groups (broad SMARTS) is 1. The van der Waals surface area contributed by atoms with E-state index in [2.05, 4.69) is 21.7 Å². The smallest absolute Gasteiger partial charge is 0.335 e. The number of para-hydroxylation sites is 1. The highest BCUT2D eigenvalue weighted by Crippen LogP contribution is 2.37. The predicted molar refractivity (Wildman–Crippen MR) is 105 cm³/mol. The fourth-order valence-electron chi connectivity index (χ4n) is 4.16. The number of hydrogen-bond acceptors (Lipinski definition) is 3. The molecule has 0 amide bonds. The second kappa shape index (κ2) is 6.20. The number of aromatic nitrogens is 3. The molecule has 0 atom stereocenters. The topological polar surface area (TPSA) is 68.0 Å². The van der Waals surface area contributed by atoms with Crippen molar-refractivity contribution in [3.8, 4) is 11.4 Å².